The van der Waals surface area contributed by atoms with E-state index in [0.29, 0.717) is 0 Å². The van der Waals surface area contributed by atoms with E-state index in [2.05, 4.69) is 11.6 Å². The van der Waals surface area contributed by atoms with Crippen LogP contribution in [0.25, 0.3) is 0 Å². The van der Waals surface area contributed by atoms with Gasteiger partial charge in [0.2, 0.25) is 0 Å². The molecule has 0 aliphatic heterocycles. The summed E-state index contributed by atoms with van der Waals surface area (Å²) in [7, 11) is 0. The molecule has 1 saturated carbocycles. The van der Waals surface area contributed by atoms with Gasteiger partial charge in [-0.25, -0.2) is 0 Å². The van der Waals surface area contributed by atoms with Gasteiger partial charge in [0.25, 0.3) is 0 Å². The Hall–Kier alpha value is 0.310. The van der Waals surface area contributed by atoms with Crippen molar-refractivity contribution in [3.63, 3.8) is 0 Å². The number of thioether (sulfide) groups is 1. The highest BCUT2D eigenvalue weighted by atomic mass is 32.2. The summed E-state index contributed by atoms with van der Waals surface area (Å²) in [6, 6.07) is 0. The van der Waals surface area contributed by atoms with Crippen LogP contribution in [0.5, 0.6) is 0 Å². The maximum atomic E-state index is 3.48. The molecule has 0 spiro atoms. The standard InChI is InChI=1S/C9H19NS/c1-11-8-2-6-10-7-5-9-3-4-9/h9-10H,2-8H2,1H3. The highest BCUT2D eigenvalue weighted by Crippen LogP contribution is 2.31. The van der Waals surface area contributed by atoms with E-state index in [1.54, 1.807) is 0 Å². The lowest BCUT2D eigenvalue weighted by atomic mass is 10.3. The molecule has 0 bridgehead atoms. The largest absolute Gasteiger partial charge is 0.317 e. The lowest BCUT2D eigenvalue weighted by molar-refractivity contribution is 0.609. The molecule has 0 aromatic carbocycles. The van der Waals surface area contributed by atoms with Gasteiger partial charge in [-0.05, 0) is 43.9 Å². The molecule has 0 atom stereocenters. The first-order chi connectivity index (χ1) is 5.43. The van der Waals surface area contributed by atoms with E-state index in [1.807, 2.05) is 11.8 Å². The average Bonchev–Trinajstić information content (AvgIpc) is 2.80. The van der Waals surface area contributed by atoms with E-state index in [1.165, 1.54) is 44.5 Å². The molecule has 0 radical (unpaired) electrons. The smallest absolute Gasteiger partial charge is 0.00411 e. The van der Waals surface area contributed by atoms with Gasteiger partial charge in [-0.2, -0.15) is 11.8 Å². The van der Waals surface area contributed by atoms with Gasteiger partial charge < -0.3 is 5.32 Å². The number of rotatable bonds is 7. The summed E-state index contributed by atoms with van der Waals surface area (Å²) in [6.07, 6.45) is 7.90. The zero-order valence-corrected chi connectivity index (χ0v) is 8.25. The van der Waals surface area contributed by atoms with Crippen LogP contribution in [0.1, 0.15) is 25.7 Å². The Labute approximate surface area is 74.3 Å². The van der Waals surface area contributed by atoms with Crippen molar-refractivity contribution in [1.82, 2.24) is 5.32 Å². The molecule has 1 nitrogen and oxygen atoms in total. The van der Waals surface area contributed by atoms with Crippen LogP contribution in [0.3, 0.4) is 0 Å². The van der Waals surface area contributed by atoms with E-state index < -0.39 is 0 Å². The molecule has 0 unspecified atom stereocenters. The monoisotopic (exact) mass is 173 g/mol. The minimum Gasteiger partial charge on any atom is -0.317 e. The fourth-order valence-corrected chi connectivity index (χ4v) is 1.61. The van der Waals surface area contributed by atoms with Crippen LogP contribution in [0.15, 0.2) is 0 Å². The third kappa shape index (κ3) is 5.57. The average molecular weight is 173 g/mol. The Balaban J connectivity index is 1.66. The molecule has 1 aliphatic rings. The maximum Gasteiger partial charge on any atom is -0.00411 e. The van der Waals surface area contributed by atoms with Crippen LogP contribution in [0.4, 0.5) is 0 Å². The first kappa shape index (κ1) is 9.40. The highest BCUT2D eigenvalue weighted by molar-refractivity contribution is 7.98. The molecule has 0 saturated heterocycles. The maximum absolute atomic E-state index is 3.48. The van der Waals surface area contributed by atoms with Gasteiger partial charge in [-0.3, -0.25) is 0 Å². The van der Waals surface area contributed by atoms with E-state index in [-0.39, 0.29) is 0 Å². The Morgan fingerprint density at radius 3 is 2.82 bits per heavy atom. The molecule has 0 aromatic heterocycles. The van der Waals surface area contributed by atoms with Crippen molar-refractivity contribution in [1.29, 1.82) is 0 Å². The molecule has 0 amide bonds. The molecule has 1 aliphatic carbocycles. The Kier molecular flexibility index (Phi) is 5.04. The summed E-state index contributed by atoms with van der Waals surface area (Å²) in [5, 5.41) is 3.48. The zero-order valence-electron chi connectivity index (χ0n) is 7.44. The molecule has 11 heavy (non-hydrogen) atoms. The van der Waals surface area contributed by atoms with Crippen LogP contribution in [-0.4, -0.2) is 25.1 Å². The van der Waals surface area contributed by atoms with Crippen molar-refractivity contribution in [2.24, 2.45) is 5.92 Å². The van der Waals surface area contributed by atoms with Crippen LogP contribution < -0.4 is 5.32 Å². The summed E-state index contributed by atoms with van der Waals surface area (Å²) < 4.78 is 0. The number of hydrogen-bond donors (Lipinski definition) is 1. The van der Waals surface area contributed by atoms with E-state index >= 15 is 0 Å². The molecule has 1 rings (SSSR count). The lowest BCUT2D eigenvalue weighted by Crippen LogP contribution is -2.17. The molecule has 1 N–H and O–H groups in total. The fourth-order valence-electron chi connectivity index (χ4n) is 1.18. The molecule has 2 heteroatoms. The molecule has 0 aromatic rings. The highest BCUT2D eigenvalue weighted by Gasteiger charge is 2.19. The predicted molar refractivity (Wildman–Crippen MR) is 53.2 cm³/mol. The molecule has 0 heterocycles. The van der Waals surface area contributed by atoms with Gasteiger partial charge in [0.05, 0.1) is 0 Å². The van der Waals surface area contributed by atoms with Crippen molar-refractivity contribution in [2.75, 3.05) is 25.1 Å². The SMILES string of the molecule is CSCCCNCCC1CC1. The van der Waals surface area contributed by atoms with Crippen molar-refractivity contribution in [2.45, 2.75) is 25.7 Å². The van der Waals surface area contributed by atoms with Gasteiger partial charge in [0.1, 0.15) is 0 Å². The van der Waals surface area contributed by atoms with Crippen LogP contribution in [-0.2, 0) is 0 Å². The molecular formula is C9H19NS. The minimum atomic E-state index is 1.09. The summed E-state index contributed by atoms with van der Waals surface area (Å²) in [4.78, 5) is 0. The first-order valence-corrected chi connectivity index (χ1v) is 6.02. The number of nitrogens with one attached hydrogen (secondary N) is 1. The van der Waals surface area contributed by atoms with E-state index in [4.69, 9.17) is 0 Å². The Bertz CT molecular complexity index is 91.6. The lowest BCUT2D eigenvalue weighted by Gasteiger charge is -2.01. The first-order valence-electron chi connectivity index (χ1n) is 4.63. The molecular weight excluding hydrogens is 154 g/mol. The quantitative estimate of drug-likeness (QED) is 0.592. The van der Waals surface area contributed by atoms with Crippen LogP contribution >= 0.6 is 11.8 Å². The summed E-state index contributed by atoms with van der Waals surface area (Å²) in [6.45, 7) is 2.46. The van der Waals surface area contributed by atoms with Gasteiger partial charge >= 0.3 is 0 Å². The number of hydrogen-bond acceptors (Lipinski definition) is 2. The second kappa shape index (κ2) is 5.90. The van der Waals surface area contributed by atoms with Gasteiger partial charge in [-0.1, -0.05) is 12.8 Å². The third-order valence-corrected chi connectivity index (χ3v) is 2.83. The fraction of sp³-hybridized carbons (Fsp3) is 1.00. The Morgan fingerprint density at radius 2 is 2.18 bits per heavy atom. The van der Waals surface area contributed by atoms with Crippen molar-refractivity contribution in [3.05, 3.63) is 0 Å². The second-order valence-corrected chi connectivity index (χ2v) is 4.31. The van der Waals surface area contributed by atoms with Gasteiger partial charge in [0.15, 0.2) is 0 Å². The third-order valence-electron chi connectivity index (χ3n) is 2.13. The predicted octanol–water partition coefficient (Wildman–Crippen LogP) is 2.13. The van der Waals surface area contributed by atoms with Crippen LogP contribution in [0.2, 0.25) is 0 Å². The topological polar surface area (TPSA) is 12.0 Å². The zero-order chi connectivity index (χ0) is 7.94. The van der Waals surface area contributed by atoms with Crippen LogP contribution in [0, 0.1) is 5.92 Å². The van der Waals surface area contributed by atoms with Crippen molar-refractivity contribution < 1.29 is 0 Å². The summed E-state index contributed by atoms with van der Waals surface area (Å²) >= 11 is 1.94. The van der Waals surface area contributed by atoms with Gasteiger partial charge in [0, 0.05) is 0 Å². The van der Waals surface area contributed by atoms with Gasteiger partial charge in [-0.15, -0.1) is 0 Å². The Morgan fingerprint density at radius 1 is 1.36 bits per heavy atom. The van der Waals surface area contributed by atoms with Crippen molar-refractivity contribution >= 4 is 11.8 Å². The van der Waals surface area contributed by atoms with Crippen molar-refractivity contribution in [3.8, 4) is 0 Å². The summed E-state index contributed by atoms with van der Waals surface area (Å²) in [5.74, 6) is 2.39. The van der Waals surface area contributed by atoms with E-state index in [0.717, 1.165) is 5.92 Å². The summed E-state index contributed by atoms with van der Waals surface area (Å²) in [5.41, 5.74) is 0. The minimum absolute atomic E-state index is 1.09. The normalized spacial score (nSPS) is 17.2. The second-order valence-electron chi connectivity index (χ2n) is 3.33. The van der Waals surface area contributed by atoms with E-state index in [9.17, 15) is 0 Å². The molecule has 1 fully saturated rings. The molecule has 66 valence electrons.